The van der Waals surface area contributed by atoms with Gasteiger partial charge >= 0.3 is 18.1 Å². The van der Waals surface area contributed by atoms with E-state index in [2.05, 4.69) is 67.8 Å². The van der Waals surface area contributed by atoms with Crippen LogP contribution in [-0.4, -0.2) is 155 Å². The van der Waals surface area contributed by atoms with Crippen molar-refractivity contribution in [2.45, 2.75) is 205 Å². The summed E-state index contributed by atoms with van der Waals surface area (Å²) < 4.78 is 59.6. The molecule has 5 saturated heterocycles. The van der Waals surface area contributed by atoms with Gasteiger partial charge in [0.1, 0.15) is 18.3 Å². The number of esters is 1. The Labute approximate surface area is 454 Å². The first kappa shape index (κ1) is 59.9. The number of likely N-dealkylation sites (N-methyl/N-ethyl adjacent to an activating group) is 1. The van der Waals surface area contributed by atoms with Crippen LogP contribution >= 0.6 is 67.8 Å². The van der Waals surface area contributed by atoms with Crippen molar-refractivity contribution in [1.29, 1.82) is 0 Å². The molecule has 6 N–H and O–H groups in total. The minimum absolute atomic E-state index is 0.144. The third kappa shape index (κ3) is 12.2. The summed E-state index contributed by atoms with van der Waals surface area (Å²) in [5.41, 5.74) is 4.03. The van der Waals surface area contributed by atoms with E-state index in [1.807, 2.05) is 66.6 Å². The summed E-state index contributed by atoms with van der Waals surface area (Å²) in [6.45, 7) is 19.8. The van der Waals surface area contributed by atoms with Crippen LogP contribution in [0.4, 0.5) is 10.5 Å². The molecule has 5 heterocycles. The Kier molecular flexibility index (Phi) is 20.1. The Morgan fingerprint density at radius 2 is 1.61 bits per heavy atom. The molecule has 0 aromatic heterocycles. The van der Waals surface area contributed by atoms with Gasteiger partial charge in [0.05, 0.1) is 59.1 Å². The quantitative estimate of drug-likeness (QED) is 0.0863. The maximum atomic E-state index is 14.4. The molecule has 5 aliphatic heterocycles. The summed E-state index contributed by atoms with van der Waals surface area (Å²) in [6.07, 6.45) is -7.38. The van der Waals surface area contributed by atoms with Gasteiger partial charge in [0, 0.05) is 42.1 Å². The van der Waals surface area contributed by atoms with Crippen LogP contribution in [0.5, 0.6) is 0 Å². The first-order valence-corrected chi connectivity index (χ1v) is 27.5. The average molecular weight is 1330 g/mol. The number of nitrogen functional groups attached to an aromatic ring is 1. The van der Waals surface area contributed by atoms with E-state index in [1.165, 1.54) is 7.11 Å². The second kappa shape index (κ2) is 23.5. The normalized spacial score (nSPS) is 42.7. The van der Waals surface area contributed by atoms with Crippen LogP contribution in [0.25, 0.3) is 0 Å². The lowest BCUT2D eigenvalue weighted by atomic mass is 9.75. The number of halogens is 3. The van der Waals surface area contributed by atoms with E-state index in [4.69, 9.17) is 53.5 Å². The summed E-state index contributed by atoms with van der Waals surface area (Å²) in [5.74, 6) is -6.58. The molecule has 18 nitrogen and oxygen atoms in total. The number of ether oxygens (including phenoxy) is 9. The number of cyclic esters (lactones) is 1. The maximum Gasteiger partial charge on any atom is 0.509 e. The van der Waals surface area contributed by atoms with Gasteiger partial charge in [0.2, 0.25) is 0 Å². The Morgan fingerprint density at radius 3 is 2.19 bits per heavy atom. The molecular formula is C49H77I3N2O16. The van der Waals surface area contributed by atoms with Crippen LogP contribution in [0.2, 0.25) is 0 Å². The van der Waals surface area contributed by atoms with E-state index in [-0.39, 0.29) is 37.3 Å². The highest BCUT2D eigenvalue weighted by atomic mass is 127. The first-order chi connectivity index (χ1) is 32.4. The fraction of sp³-hybridized carbons (Fsp3) is 0.816. The number of benzene rings is 1. The fourth-order valence-electron chi connectivity index (χ4n) is 11.3. The highest BCUT2D eigenvalue weighted by molar-refractivity contribution is 14.1. The number of fused-ring (bicyclic) bond motifs is 3. The van der Waals surface area contributed by atoms with Gasteiger partial charge in [0.25, 0.3) is 0 Å². The molecule has 0 amide bonds. The molecule has 6 rings (SSSR count). The minimum Gasteiger partial charge on any atom is -0.481 e. The molecule has 1 aromatic carbocycles. The number of aliphatic hydroxyl groups is 3. The monoisotopic (exact) mass is 1330 g/mol. The lowest BCUT2D eigenvalue weighted by Gasteiger charge is -2.49. The van der Waals surface area contributed by atoms with E-state index >= 15 is 0 Å². The van der Waals surface area contributed by atoms with Crippen LogP contribution in [0.1, 0.15) is 114 Å². The number of aliphatic hydroxyl groups excluding tert-OH is 2. The molecule has 5 fully saturated rings. The zero-order valence-electron chi connectivity index (χ0n) is 42.9. The highest BCUT2D eigenvalue weighted by Gasteiger charge is 2.67. The topological polar surface area (TPSA) is 244 Å². The zero-order chi connectivity index (χ0) is 52.7. The second-order valence-electron chi connectivity index (χ2n) is 21.0. The van der Waals surface area contributed by atoms with Crippen molar-refractivity contribution in [3.8, 4) is 0 Å². The van der Waals surface area contributed by atoms with Gasteiger partial charge in [0.15, 0.2) is 30.1 Å². The number of carboxylic acid groups (broad SMARTS) is 1. The number of rotatable bonds is 11. The Hall–Kier alpha value is -0.980. The summed E-state index contributed by atoms with van der Waals surface area (Å²) in [7, 11) is 5.29. The fourth-order valence-corrected chi connectivity index (χ4v) is 15.1. The number of nitrogens with zero attached hydrogens (tertiary/aromatic N) is 1. The number of anilines is 1. The third-order valence-corrected chi connectivity index (χ3v) is 18.8. The molecule has 0 saturated carbocycles. The number of hydrogen-bond acceptors (Lipinski definition) is 17. The number of carboxylic acids is 1. The molecule has 0 aliphatic carbocycles. The van der Waals surface area contributed by atoms with Gasteiger partial charge < -0.3 is 73.7 Å². The molecule has 400 valence electrons. The Morgan fingerprint density at radius 1 is 0.971 bits per heavy atom. The van der Waals surface area contributed by atoms with Crippen molar-refractivity contribution in [3.63, 3.8) is 0 Å². The highest BCUT2D eigenvalue weighted by Crippen LogP contribution is 2.53. The largest absolute Gasteiger partial charge is 0.509 e. The second-order valence-corrected chi connectivity index (χ2v) is 24.4. The molecule has 20 unspecified atom stereocenters. The molecule has 2 bridgehead atoms. The standard InChI is InChI=1S/C38H65NO14.C11H12I3NO2/c1-14-25-37(10)31(51-34(43)52-37)22(6)38(44)18(2)16-36(9,53-38)30(50-33-27(40)24(39(11)12)15-19(3)46-33)20(4)28(21(5)32(42)48-25)49-26-17-35(8,45-13)29(41)23(7)47-26;1-2-5(11(16)17)3-6-7(12)4-8(13)10(15)9(6)14/h18-31,33,40-41,44H,14-17H2,1-13H3;4-5H,2-3,15H2,1H3,(H,16,17). The predicted molar refractivity (Wildman–Crippen MR) is 282 cm³/mol. The van der Waals surface area contributed by atoms with Crippen molar-refractivity contribution in [2.24, 2.45) is 29.6 Å². The van der Waals surface area contributed by atoms with Gasteiger partial charge in [-0.05, 0) is 167 Å². The van der Waals surface area contributed by atoms with Gasteiger partial charge in [-0.25, -0.2) is 4.79 Å². The number of hydrogen-bond donors (Lipinski definition) is 5. The zero-order valence-corrected chi connectivity index (χ0v) is 49.4. The van der Waals surface area contributed by atoms with Crippen LogP contribution < -0.4 is 5.73 Å². The number of nitrogens with two attached hydrogens (primary N) is 1. The molecule has 5 aliphatic rings. The molecule has 20 atom stereocenters. The van der Waals surface area contributed by atoms with Gasteiger partial charge in [-0.3, -0.25) is 9.59 Å². The van der Waals surface area contributed by atoms with Crippen LogP contribution in [-0.2, 0) is 58.6 Å². The summed E-state index contributed by atoms with van der Waals surface area (Å²) in [4.78, 5) is 40.2. The van der Waals surface area contributed by atoms with E-state index in [1.54, 1.807) is 34.6 Å². The molecular weight excluding hydrogens is 1250 g/mol. The lowest BCUT2D eigenvalue weighted by Crippen LogP contribution is -2.60. The predicted octanol–water partition coefficient (Wildman–Crippen LogP) is 6.86. The average Bonchev–Trinajstić information content (AvgIpc) is 3.74. The smallest absolute Gasteiger partial charge is 0.481 e. The van der Waals surface area contributed by atoms with Crippen molar-refractivity contribution >= 4 is 91.6 Å². The minimum atomic E-state index is -1.86. The summed E-state index contributed by atoms with van der Waals surface area (Å²) in [5, 5.41) is 44.3. The van der Waals surface area contributed by atoms with Crippen LogP contribution in [0.3, 0.4) is 0 Å². The van der Waals surface area contributed by atoms with E-state index in [0.717, 1.165) is 22.0 Å². The van der Waals surface area contributed by atoms with Gasteiger partial charge in [-0.2, -0.15) is 0 Å². The van der Waals surface area contributed by atoms with Gasteiger partial charge in [-0.1, -0.05) is 34.6 Å². The molecule has 0 spiro atoms. The van der Waals surface area contributed by atoms with E-state index < -0.39 is 120 Å². The Bertz CT molecular complexity index is 2020. The summed E-state index contributed by atoms with van der Waals surface area (Å²) >= 11 is 6.64. The molecule has 70 heavy (non-hydrogen) atoms. The first-order valence-electron chi connectivity index (χ1n) is 24.3. The number of carbonyl (C=O) groups excluding carboxylic acids is 2. The van der Waals surface area contributed by atoms with Gasteiger partial charge in [-0.15, -0.1) is 0 Å². The third-order valence-electron chi connectivity index (χ3n) is 15.7. The van der Waals surface area contributed by atoms with Crippen molar-refractivity contribution in [1.82, 2.24) is 4.90 Å². The maximum absolute atomic E-state index is 14.4. The number of carbonyl (C=O) groups is 3. The SMILES string of the molecule is CCC(Cc1c(I)cc(I)c(N)c1I)C(=O)O.CCC1OC(=O)C(C)C(OC2CC(C)(OC)C(O)C(C)O2)C(C)C(OC2OC(C)CC(N(C)C)C2O)C2(C)CC(C)C(O)(O2)C(C)C2OC(=O)OC12C. The molecule has 1 aromatic rings. The van der Waals surface area contributed by atoms with Crippen LogP contribution in [0.15, 0.2) is 6.07 Å². The van der Waals surface area contributed by atoms with Crippen LogP contribution in [0, 0.1) is 40.3 Å². The lowest BCUT2D eigenvalue weighted by molar-refractivity contribution is -0.337. The van der Waals surface area contributed by atoms with E-state index in [0.29, 0.717) is 19.3 Å². The number of aliphatic carboxylic acids is 1. The molecule has 21 heteroatoms. The van der Waals surface area contributed by atoms with Crippen molar-refractivity contribution in [2.75, 3.05) is 26.9 Å². The van der Waals surface area contributed by atoms with Crippen molar-refractivity contribution in [3.05, 3.63) is 22.3 Å². The van der Waals surface area contributed by atoms with Crippen molar-refractivity contribution < 1.29 is 77.4 Å². The number of methoxy groups -OCH3 is 1. The summed E-state index contributed by atoms with van der Waals surface area (Å²) in [6, 6.07) is 1.72. The Balaban J connectivity index is 0.000000453. The molecule has 0 radical (unpaired) electrons. The van der Waals surface area contributed by atoms with E-state index in [9.17, 15) is 29.7 Å².